The van der Waals surface area contributed by atoms with E-state index in [0.717, 1.165) is 6.42 Å². The van der Waals surface area contributed by atoms with Crippen molar-refractivity contribution in [3.05, 3.63) is 29.6 Å². The molecule has 0 aliphatic carbocycles. The fourth-order valence-corrected chi connectivity index (χ4v) is 1.62. The molecular formula is C14H21FO. The summed E-state index contributed by atoms with van der Waals surface area (Å²) in [6.07, 6.45) is 5.94. The van der Waals surface area contributed by atoms with Crippen LogP contribution in [0.4, 0.5) is 4.39 Å². The molecule has 0 aliphatic rings. The standard InChI is InChI=1S/C14H21FO/c1-3-4-5-6-7-11-16-13-10-8-9-12(2)14(13)15/h8-10H,3-7,11H2,1-2H3. The van der Waals surface area contributed by atoms with E-state index in [0.29, 0.717) is 17.9 Å². The number of benzene rings is 1. The number of hydrogen-bond acceptors (Lipinski definition) is 1. The van der Waals surface area contributed by atoms with Gasteiger partial charge in [0, 0.05) is 0 Å². The molecule has 0 bridgehead atoms. The quantitative estimate of drug-likeness (QED) is 0.620. The molecule has 0 amide bonds. The van der Waals surface area contributed by atoms with Gasteiger partial charge in [0.25, 0.3) is 0 Å². The summed E-state index contributed by atoms with van der Waals surface area (Å²) in [4.78, 5) is 0. The highest BCUT2D eigenvalue weighted by Gasteiger charge is 2.04. The van der Waals surface area contributed by atoms with Gasteiger partial charge in [0.05, 0.1) is 6.61 Å². The van der Waals surface area contributed by atoms with E-state index < -0.39 is 0 Å². The first-order valence-electron chi connectivity index (χ1n) is 6.13. The van der Waals surface area contributed by atoms with Crippen LogP contribution in [-0.4, -0.2) is 6.61 Å². The first-order chi connectivity index (χ1) is 7.75. The average Bonchev–Trinajstić information content (AvgIpc) is 2.29. The van der Waals surface area contributed by atoms with Gasteiger partial charge in [-0.3, -0.25) is 0 Å². The number of ether oxygens (including phenoxy) is 1. The number of aryl methyl sites for hydroxylation is 1. The Morgan fingerprint density at radius 1 is 1.12 bits per heavy atom. The Morgan fingerprint density at radius 2 is 1.88 bits per heavy atom. The predicted molar refractivity (Wildman–Crippen MR) is 65.4 cm³/mol. The molecule has 0 saturated heterocycles. The smallest absolute Gasteiger partial charge is 0.167 e. The molecule has 16 heavy (non-hydrogen) atoms. The van der Waals surface area contributed by atoms with Crippen LogP contribution in [0.25, 0.3) is 0 Å². The Kier molecular flexibility index (Phi) is 5.91. The van der Waals surface area contributed by atoms with Crippen molar-refractivity contribution in [2.75, 3.05) is 6.61 Å². The average molecular weight is 224 g/mol. The van der Waals surface area contributed by atoms with Gasteiger partial charge in [-0.25, -0.2) is 4.39 Å². The van der Waals surface area contributed by atoms with E-state index in [9.17, 15) is 4.39 Å². The second-order valence-corrected chi connectivity index (χ2v) is 4.15. The van der Waals surface area contributed by atoms with Crippen LogP contribution in [0, 0.1) is 12.7 Å². The molecule has 0 aliphatic heterocycles. The summed E-state index contributed by atoms with van der Waals surface area (Å²) in [6.45, 7) is 4.56. The SMILES string of the molecule is CCCCCCCOc1cccc(C)c1F. The van der Waals surface area contributed by atoms with Crippen molar-refractivity contribution in [2.45, 2.75) is 46.0 Å². The molecule has 0 atom stereocenters. The monoisotopic (exact) mass is 224 g/mol. The van der Waals surface area contributed by atoms with Crippen LogP contribution >= 0.6 is 0 Å². The van der Waals surface area contributed by atoms with Gasteiger partial charge in [-0.1, -0.05) is 44.7 Å². The van der Waals surface area contributed by atoms with Crippen LogP contribution in [0.2, 0.25) is 0 Å². The Balaban J connectivity index is 2.24. The fraction of sp³-hybridized carbons (Fsp3) is 0.571. The molecule has 0 spiro atoms. The second kappa shape index (κ2) is 7.26. The van der Waals surface area contributed by atoms with Gasteiger partial charge in [0.1, 0.15) is 0 Å². The summed E-state index contributed by atoms with van der Waals surface area (Å²) in [7, 11) is 0. The summed E-state index contributed by atoms with van der Waals surface area (Å²) >= 11 is 0. The fourth-order valence-electron chi connectivity index (χ4n) is 1.62. The van der Waals surface area contributed by atoms with Crippen molar-refractivity contribution < 1.29 is 9.13 Å². The van der Waals surface area contributed by atoms with E-state index in [-0.39, 0.29) is 5.82 Å². The van der Waals surface area contributed by atoms with Crippen molar-refractivity contribution in [1.82, 2.24) is 0 Å². The zero-order valence-electron chi connectivity index (χ0n) is 10.3. The lowest BCUT2D eigenvalue weighted by atomic mass is 10.2. The molecule has 0 heterocycles. The normalized spacial score (nSPS) is 10.4. The third-order valence-corrected chi connectivity index (χ3v) is 2.66. The van der Waals surface area contributed by atoms with Crippen molar-refractivity contribution >= 4 is 0 Å². The van der Waals surface area contributed by atoms with Crippen LogP contribution in [0.15, 0.2) is 18.2 Å². The molecule has 1 aromatic rings. The number of unbranched alkanes of at least 4 members (excludes halogenated alkanes) is 4. The zero-order chi connectivity index (χ0) is 11.8. The summed E-state index contributed by atoms with van der Waals surface area (Å²) < 4.78 is 18.9. The molecule has 0 saturated carbocycles. The van der Waals surface area contributed by atoms with Gasteiger partial charge < -0.3 is 4.74 Å². The maximum absolute atomic E-state index is 13.5. The van der Waals surface area contributed by atoms with E-state index in [4.69, 9.17) is 4.74 Å². The van der Waals surface area contributed by atoms with Crippen molar-refractivity contribution in [1.29, 1.82) is 0 Å². The molecular weight excluding hydrogens is 203 g/mol. The lowest BCUT2D eigenvalue weighted by molar-refractivity contribution is 0.289. The molecule has 2 heteroatoms. The van der Waals surface area contributed by atoms with Crippen LogP contribution in [0.5, 0.6) is 5.75 Å². The van der Waals surface area contributed by atoms with Gasteiger partial charge in [-0.05, 0) is 25.0 Å². The van der Waals surface area contributed by atoms with E-state index >= 15 is 0 Å². The molecule has 0 unspecified atom stereocenters. The van der Waals surface area contributed by atoms with Crippen LogP contribution in [0.1, 0.15) is 44.6 Å². The van der Waals surface area contributed by atoms with Crippen LogP contribution in [0.3, 0.4) is 0 Å². The topological polar surface area (TPSA) is 9.23 Å². The minimum absolute atomic E-state index is 0.226. The molecule has 0 radical (unpaired) electrons. The predicted octanol–water partition coefficient (Wildman–Crippen LogP) is 4.48. The van der Waals surface area contributed by atoms with Crippen LogP contribution in [-0.2, 0) is 0 Å². The molecule has 90 valence electrons. The minimum atomic E-state index is -0.226. The zero-order valence-corrected chi connectivity index (χ0v) is 10.3. The highest BCUT2D eigenvalue weighted by Crippen LogP contribution is 2.19. The lowest BCUT2D eigenvalue weighted by Gasteiger charge is -2.08. The first kappa shape index (κ1) is 13.0. The Hall–Kier alpha value is -1.05. The second-order valence-electron chi connectivity index (χ2n) is 4.15. The first-order valence-corrected chi connectivity index (χ1v) is 6.13. The summed E-state index contributed by atoms with van der Waals surface area (Å²) in [5.74, 6) is 0.159. The van der Waals surface area contributed by atoms with E-state index in [1.165, 1.54) is 25.7 Å². The molecule has 0 aromatic heterocycles. The Labute approximate surface area is 97.6 Å². The highest BCUT2D eigenvalue weighted by molar-refractivity contribution is 5.29. The minimum Gasteiger partial charge on any atom is -0.491 e. The number of rotatable bonds is 7. The molecule has 0 N–H and O–H groups in total. The summed E-state index contributed by atoms with van der Waals surface area (Å²) in [5, 5.41) is 0. The molecule has 1 nitrogen and oxygen atoms in total. The third-order valence-electron chi connectivity index (χ3n) is 2.66. The number of hydrogen-bond donors (Lipinski definition) is 0. The van der Waals surface area contributed by atoms with Crippen molar-refractivity contribution in [3.8, 4) is 5.75 Å². The maximum Gasteiger partial charge on any atom is 0.167 e. The van der Waals surface area contributed by atoms with Gasteiger partial charge in [0.15, 0.2) is 11.6 Å². The van der Waals surface area contributed by atoms with Gasteiger partial charge >= 0.3 is 0 Å². The molecule has 0 fully saturated rings. The highest BCUT2D eigenvalue weighted by atomic mass is 19.1. The third kappa shape index (κ3) is 4.21. The molecule has 1 rings (SSSR count). The lowest BCUT2D eigenvalue weighted by Crippen LogP contribution is -2.00. The molecule has 1 aromatic carbocycles. The van der Waals surface area contributed by atoms with Crippen molar-refractivity contribution in [2.24, 2.45) is 0 Å². The summed E-state index contributed by atoms with van der Waals surface area (Å²) in [5.41, 5.74) is 0.642. The van der Waals surface area contributed by atoms with E-state index in [1.807, 2.05) is 6.07 Å². The largest absolute Gasteiger partial charge is 0.491 e. The van der Waals surface area contributed by atoms with Crippen molar-refractivity contribution in [3.63, 3.8) is 0 Å². The van der Waals surface area contributed by atoms with Crippen LogP contribution < -0.4 is 4.74 Å². The number of halogens is 1. The van der Waals surface area contributed by atoms with Gasteiger partial charge in [0.2, 0.25) is 0 Å². The Bertz CT molecular complexity index is 310. The van der Waals surface area contributed by atoms with E-state index in [1.54, 1.807) is 19.1 Å². The maximum atomic E-state index is 13.5. The van der Waals surface area contributed by atoms with E-state index in [2.05, 4.69) is 6.92 Å². The Morgan fingerprint density at radius 3 is 2.62 bits per heavy atom. The van der Waals surface area contributed by atoms with Gasteiger partial charge in [-0.15, -0.1) is 0 Å². The summed E-state index contributed by atoms with van der Waals surface area (Å²) in [6, 6.07) is 5.27. The van der Waals surface area contributed by atoms with Gasteiger partial charge in [-0.2, -0.15) is 0 Å².